The Balaban J connectivity index is 2.69. The molecule has 35 heavy (non-hydrogen) atoms. The van der Waals surface area contributed by atoms with E-state index in [1.807, 2.05) is 13.8 Å². The molecule has 1 aromatic rings. The van der Waals surface area contributed by atoms with Crippen molar-refractivity contribution in [1.29, 1.82) is 0 Å². The molecule has 0 spiro atoms. The average molecular weight is 504 g/mol. The predicted molar refractivity (Wildman–Crippen MR) is 140 cm³/mol. The van der Waals surface area contributed by atoms with Crippen LogP contribution in [0.25, 0.3) is 0 Å². The lowest BCUT2D eigenvalue weighted by molar-refractivity contribution is 0.177. The van der Waals surface area contributed by atoms with E-state index in [4.69, 9.17) is 21.9 Å². The summed E-state index contributed by atoms with van der Waals surface area (Å²) in [6.45, 7) is 9.06. The van der Waals surface area contributed by atoms with E-state index >= 15 is 4.39 Å². The van der Waals surface area contributed by atoms with Gasteiger partial charge in [-0.1, -0.05) is 37.6 Å². The average Bonchev–Trinajstić information content (AvgIpc) is 2.83. The normalized spacial score (nSPS) is 22.8. The number of nitrogens with two attached hydrogens (primary N) is 1. The van der Waals surface area contributed by atoms with Crippen molar-refractivity contribution in [3.8, 4) is 12.3 Å². The van der Waals surface area contributed by atoms with Gasteiger partial charge in [-0.15, -0.1) is 6.42 Å². The summed E-state index contributed by atoms with van der Waals surface area (Å²) in [7, 11) is 1.73. The second-order valence-electron chi connectivity index (χ2n) is 8.21. The van der Waals surface area contributed by atoms with Crippen molar-refractivity contribution in [2.24, 2.45) is 32.0 Å². The number of aliphatic imine (C=N–C) groups is 3. The minimum absolute atomic E-state index is 0.0450. The van der Waals surface area contributed by atoms with Crippen LogP contribution in [0.15, 0.2) is 51.4 Å². The van der Waals surface area contributed by atoms with Crippen LogP contribution in [-0.4, -0.2) is 59.6 Å². The first kappa shape index (κ1) is 28.0. The van der Waals surface area contributed by atoms with Gasteiger partial charge in [-0.2, -0.15) is 0 Å². The van der Waals surface area contributed by atoms with E-state index in [-0.39, 0.29) is 30.9 Å². The Kier molecular flexibility index (Phi) is 9.95. The van der Waals surface area contributed by atoms with Gasteiger partial charge in [0.2, 0.25) is 11.8 Å². The molecule has 1 aliphatic rings. The summed E-state index contributed by atoms with van der Waals surface area (Å²) in [6, 6.07) is 0. The molecule has 0 amide bonds. The summed E-state index contributed by atoms with van der Waals surface area (Å²) >= 11 is 1.40. The first-order valence-electron chi connectivity index (χ1n) is 10.9. The van der Waals surface area contributed by atoms with Gasteiger partial charge in [0.25, 0.3) is 0 Å². The number of hydrogen-bond donors (Lipinski definition) is 1. The molecule has 3 atom stereocenters. The highest BCUT2D eigenvalue weighted by Crippen LogP contribution is 2.49. The fourth-order valence-electron chi connectivity index (χ4n) is 3.87. The number of allylic oxidation sites excluding steroid dienone is 1. The van der Waals surface area contributed by atoms with Crippen LogP contribution in [0.1, 0.15) is 27.2 Å². The summed E-state index contributed by atoms with van der Waals surface area (Å²) in [6.07, 6.45) is 12.1. The standard InChI is InChI=1S/C24H31F2N7OS/c1-7-9-19(26)23(4,15-31-20(13-28-5)34-10-8-2)24(17(3)14-35-21(27)32-24)16-33(6)22-29-11-18(25)12-30-22/h2,9,11-13,15,17H,5,7,10,14,16H2,1,3-4,6H3,(H2,27,32)/b19-9+,20-13+,31-15?/t17-,23-,24-/m0/s1. The fraction of sp³-hybridized carbons (Fsp3) is 0.458. The van der Waals surface area contributed by atoms with Gasteiger partial charge in [0.1, 0.15) is 11.4 Å². The molecule has 11 heteroatoms. The van der Waals surface area contributed by atoms with Gasteiger partial charge in [-0.05, 0) is 26.0 Å². The van der Waals surface area contributed by atoms with E-state index in [0.29, 0.717) is 17.3 Å². The Morgan fingerprint density at radius 3 is 2.80 bits per heavy atom. The number of halogens is 2. The number of thioether (sulfide) groups is 1. The second kappa shape index (κ2) is 12.4. The summed E-state index contributed by atoms with van der Waals surface area (Å²) in [5.74, 6) is 2.14. The topological polar surface area (TPSA) is 101 Å². The third kappa shape index (κ3) is 6.45. The molecule has 0 unspecified atom stereocenters. The van der Waals surface area contributed by atoms with Crippen molar-refractivity contribution >= 4 is 35.8 Å². The monoisotopic (exact) mass is 503 g/mol. The molecule has 8 nitrogen and oxygen atoms in total. The number of likely N-dealkylation sites (N-methyl/N-ethyl adjacent to an activating group) is 1. The van der Waals surface area contributed by atoms with Crippen molar-refractivity contribution in [1.82, 2.24) is 9.97 Å². The quantitative estimate of drug-likeness (QED) is 0.279. The molecule has 0 aromatic carbocycles. The Morgan fingerprint density at radius 1 is 1.51 bits per heavy atom. The van der Waals surface area contributed by atoms with Crippen molar-refractivity contribution in [2.45, 2.75) is 32.7 Å². The first-order valence-corrected chi connectivity index (χ1v) is 11.9. The van der Waals surface area contributed by atoms with E-state index in [1.54, 1.807) is 18.9 Å². The van der Waals surface area contributed by atoms with Crippen molar-refractivity contribution < 1.29 is 13.5 Å². The number of hydrogen-bond acceptors (Lipinski definition) is 9. The van der Waals surface area contributed by atoms with Crippen LogP contribution in [0.3, 0.4) is 0 Å². The van der Waals surface area contributed by atoms with Crippen LogP contribution in [0, 0.1) is 29.5 Å². The number of anilines is 1. The predicted octanol–water partition coefficient (Wildman–Crippen LogP) is 3.98. The van der Waals surface area contributed by atoms with Crippen LogP contribution in [0.4, 0.5) is 14.7 Å². The van der Waals surface area contributed by atoms with Gasteiger partial charge in [0.05, 0.1) is 24.0 Å². The fourth-order valence-corrected chi connectivity index (χ4v) is 4.80. The molecule has 2 heterocycles. The van der Waals surface area contributed by atoms with E-state index in [1.165, 1.54) is 30.3 Å². The summed E-state index contributed by atoms with van der Waals surface area (Å²) in [5, 5.41) is 0.326. The van der Waals surface area contributed by atoms with E-state index in [0.717, 1.165) is 12.4 Å². The smallest absolute Gasteiger partial charge is 0.232 e. The third-order valence-electron chi connectivity index (χ3n) is 5.77. The molecule has 0 bridgehead atoms. The maximum Gasteiger partial charge on any atom is 0.232 e. The molecule has 0 fully saturated rings. The maximum atomic E-state index is 16.0. The van der Waals surface area contributed by atoms with Crippen LogP contribution >= 0.6 is 11.8 Å². The summed E-state index contributed by atoms with van der Waals surface area (Å²) in [5.41, 5.74) is 3.69. The van der Waals surface area contributed by atoms with Crippen LogP contribution < -0.4 is 10.6 Å². The SMILES string of the molecule is C#CCO/C(=C/N=C)N=C[C@@](C)(/C(F)=C\CC)[C@@]1(CN(C)c2ncc(F)cn2)N=C(N)SC[C@@H]1C. The number of nitrogens with zero attached hydrogens (tertiary/aromatic N) is 6. The molecular weight excluding hydrogens is 472 g/mol. The number of terminal acetylenes is 1. The minimum Gasteiger partial charge on any atom is -0.463 e. The zero-order valence-corrected chi connectivity index (χ0v) is 21.2. The van der Waals surface area contributed by atoms with E-state index in [9.17, 15) is 4.39 Å². The molecule has 1 aromatic heterocycles. The molecule has 0 aliphatic carbocycles. The Morgan fingerprint density at radius 2 is 2.20 bits per heavy atom. The van der Waals surface area contributed by atoms with Gasteiger partial charge in [0, 0.05) is 25.6 Å². The van der Waals surface area contributed by atoms with Gasteiger partial charge >= 0.3 is 0 Å². The Hall–Kier alpha value is -3.26. The summed E-state index contributed by atoms with van der Waals surface area (Å²) in [4.78, 5) is 22.7. The lowest BCUT2D eigenvalue weighted by atomic mass is 9.64. The van der Waals surface area contributed by atoms with E-state index in [2.05, 4.69) is 32.6 Å². The molecule has 0 saturated carbocycles. The Bertz CT molecular complexity index is 1050. The molecular formula is C24H31F2N7OS. The number of rotatable bonds is 11. The van der Waals surface area contributed by atoms with Gasteiger partial charge in [0.15, 0.2) is 17.6 Å². The number of ether oxygens (including phenoxy) is 1. The van der Waals surface area contributed by atoms with Crippen molar-refractivity contribution in [2.75, 3.05) is 30.9 Å². The molecule has 2 N–H and O–H groups in total. The third-order valence-corrected chi connectivity index (χ3v) is 6.82. The van der Waals surface area contributed by atoms with E-state index < -0.39 is 22.6 Å². The highest BCUT2D eigenvalue weighted by Gasteiger charge is 2.56. The first-order chi connectivity index (χ1) is 16.6. The Labute approximate surface area is 209 Å². The maximum absolute atomic E-state index is 16.0. The zero-order valence-electron chi connectivity index (χ0n) is 20.4. The molecule has 1 aliphatic heterocycles. The second-order valence-corrected chi connectivity index (χ2v) is 9.25. The molecule has 188 valence electrons. The summed E-state index contributed by atoms with van der Waals surface area (Å²) < 4.78 is 34.8. The van der Waals surface area contributed by atoms with Crippen molar-refractivity contribution in [3.63, 3.8) is 0 Å². The number of amidine groups is 1. The molecule has 0 radical (unpaired) electrons. The highest BCUT2D eigenvalue weighted by molar-refractivity contribution is 8.13. The highest BCUT2D eigenvalue weighted by atomic mass is 32.2. The minimum atomic E-state index is -1.37. The lowest BCUT2D eigenvalue weighted by Gasteiger charge is -2.50. The van der Waals surface area contributed by atoms with Gasteiger partial charge in [-0.3, -0.25) is 9.98 Å². The number of aromatic nitrogens is 2. The van der Waals surface area contributed by atoms with Crippen LogP contribution in [-0.2, 0) is 4.74 Å². The van der Waals surface area contributed by atoms with Crippen molar-refractivity contribution in [3.05, 3.63) is 42.2 Å². The van der Waals surface area contributed by atoms with Crippen LogP contribution in [0.5, 0.6) is 0 Å². The largest absolute Gasteiger partial charge is 0.463 e. The van der Waals surface area contributed by atoms with Gasteiger partial charge in [-0.25, -0.2) is 23.7 Å². The van der Waals surface area contributed by atoms with Gasteiger partial charge < -0.3 is 15.4 Å². The van der Waals surface area contributed by atoms with Crippen LogP contribution in [0.2, 0.25) is 0 Å². The molecule has 0 saturated heterocycles. The zero-order chi connectivity index (χ0) is 26.1. The molecule has 2 rings (SSSR count). The lowest BCUT2D eigenvalue weighted by Crippen LogP contribution is -2.60.